The SMILES string of the molecule is CCOc1cn(Cc2ccc(F)c(Cl)c2)c(Nc2cc(OC)c(OC)cc2CC)nc1=O. The molecule has 0 fully saturated rings. The van der Waals surface area contributed by atoms with E-state index in [0.29, 0.717) is 36.2 Å². The minimum absolute atomic E-state index is 0.0178. The van der Waals surface area contributed by atoms with E-state index in [1.807, 2.05) is 13.0 Å². The summed E-state index contributed by atoms with van der Waals surface area (Å²) < 4.78 is 31.5. The van der Waals surface area contributed by atoms with Crippen molar-refractivity contribution in [1.29, 1.82) is 0 Å². The normalized spacial score (nSPS) is 10.7. The molecule has 1 N–H and O–H groups in total. The number of rotatable bonds is 9. The largest absolute Gasteiger partial charge is 0.493 e. The Labute approximate surface area is 190 Å². The van der Waals surface area contributed by atoms with Gasteiger partial charge in [-0.05, 0) is 42.7 Å². The van der Waals surface area contributed by atoms with Crippen LogP contribution in [0, 0.1) is 5.82 Å². The van der Waals surface area contributed by atoms with E-state index in [-0.39, 0.29) is 17.3 Å². The first-order valence-electron chi connectivity index (χ1n) is 10.1. The fourth-order valence-electron chi connectivity index (χ4n) is 3.23. The van der Waals surface area contributed by atoms with E-state index in [1.165, 1.54) is 12.1 Å². The van der Waals surface area contributed by atoms with E-state index in [0.717, 1.165) is 11.1 Å². The zero-order chi connectivity index (χ0) is 23.3. The van der Waals surface area contributed by atoms with Gasteiger partial charge in [0.15, 0.2) is 11.5 Å². The summed E-state index contributed by atoms with van der Waals surface area (Å²) in [7, 11) is 3.13. The van der Waals surface area contributed by atoms with Crippen LogP contribution in [-0.2, 0) is 13.0 Å². The van der Waals surface area contributed by atoms with Gasteiger partial charge in [-0.15, -0.1) is 0 Å². The summed E-state index contributed by atoms with van der Waals surface area (Å²) in [5, 5.41) is 3.25. The second-order valence-corrected chi connectivity index (χ2v) is 7.29. The maximum absolute atomic E-state index is 13.6. The molecule has 0 amide bonds. The van der Waals surface area contributed by atoms with E-state index in [4.69, 9.17) is 25.8 Å². The van der Waals surface area contributed by atoms with Crippen LogP contribution in [0.3, 0.4) is 0 Å². The molecule has 3 rings (SSSR count). The summed E-state index contributed by atoms with van der Waals surface area (Å²) in [6.45, 7) is 4.39. The van der Waals surface area contributed by atoms with Gasteiger partial charge >= 0.3 is 5.56 Å². The molecule has 0 radical (unpaired) electrons. The number of methoxy groups -OCH3 is 2. The standard InChI is InChI=1S/C23H25ClFN3O4/c1-5-15-10-19(30-3)20(31-4)11-18(15)26-23-27-22(29)21(32-6-2)13-28(23)12-14-7-8-17(25)16(24)9-14/h7-11,13H,5-6,12H2,1-4H3,(H,26,27,29). The molecule has 1 heterocycles. The molecule has 2 aromatic carbocycles. The first-order valence-corrected chi connectivity index (χ1v) is 10.5. The highest BCUT2D eigenvalue weighted by molar-refractivity contribution is 6.30. The van der Waals surface area contributed by atoms with E-state index < -0.39 is 11.4 Å². The topological polar surface area (TPSA) is 74.6 Å². The number of nitrogens with zero attached hydrogens (tertiary/aromatic N) is 2. The fourth-order valence-corrected chi connectivity index (χ4v) is 3.44. The molecule has 0 atom stereocenters. The number of nitrogens with one attached hydrogen (secondary N) is 1. The van der Waals surface area contributed by atoms with Crippen molar-refractivity contribution in [2.45, 2.75) is 26.8 Å². The van der Waals surface area contributed by atoms with Crippen molar-refractivity contribution in [1.82, 2.24) is 9.55 Å². The van der Waals surface area contributed by atoms with Crippen molar-refractivity contribution in [3.63, 3.8) is 0 Å². The molecular weight excluding hydrogens is 437 g/mol. The summed E-state index contributed by atoms with van der Waals surface area (Å²) in [5.41, 5.74) is 1.89. The third kappa shape index (κ3) is 5.13. The van der Waals surface area contributed by atoms with Crippen molar-refractivity contribution in [2.24, 2.45) is 0 Å². The lowest BCUT2D eigenvalue weighted by atomic mass is 10.1. The number of aryl methyl sites for hydroxylation is 1. The number of halogens is 2. The molecule has 0 aliphatic carbocycles. The van der Waals surface area contributed by atoms with Gasteiger partial charge in [0.1, 0.15) is 5.82 Å². The lowest BCUT2D eigenvalue weighted by molar-refractivity contribution is 0.331. The molecule has 170 valence electrons. The van der Waals surface area contributed by atoms with Gasteiger partial charge in [-0.1, -0.05) is 24.6 Å². The Balaban J connectivity index is 2.08. The monoisotopic (exact) mass is 461 g/mol. The van der Waals surface area contributed by atoms with Crippen LogP contribution in [0.5, 0.6) is 17.2 Å². The van der Waals surface area contributed by atoms with Crippen LogP contribution in [0.1, 0.15) is 25.0 Å². The van der Waals surface area contributed by atoms with Gasteiger partial charge in [-0.25, -0.2) is 4.39 Å². The number of anilines is 2. The minimum atomic E-state index is -0.500. The van der Waals surface area contributed by atoms with Crippen LogP contribution in [-0.4, -0.2) is 30.4 Å². The molecule has 0 spiro atoms. The molecular formula is C23H25ClFN3O4. The average molecular weight is 462 g/mol. The van der Waals surface area contributed by atoms with Crippen molar-refractivity contribution in [3.05, 3.63) is 68.8 Å². The quantitative estimate of drug-likeness (QED) is 0.493. The predicted octanol–water partition coefficient (Wildman–Crippen LogP) is 4.81. The van der Waals surface area contributed by atoms with Crippen molar-refractivity contribution < 1.29 is 18.6 Å². The van der Waals surface area contributed by atoms with Gasteiger partial charge < -0.3 is 24.1 Å². The fraction of sp³-hybridized carbons (Fsp3) is 0.304. The maximum atomic E-state index is 13.6. The van der Waals surface area contributed by atoms with Crippen molar-refractivity contribution in [2.75, 3.05) is 26.1 Å². The Kier molecular flexibility index (Phi) is 7.58. The molecule has 0 aliphatic rings. The summed E-state index contributed by atoms with van der Waals surface area (Å²) in [4.78, 5) is 16.7. The number of hydrogen-bond donors (Lipinski definition) is 1. The van der Waals surface area contributed by atoms with E-state index in [9.17, 15) is 9.18 Å². The zero-order valence-electron chi connectivity index (χ0n) is 18.4. The van der Waals surface area contributed by atoms with Gasteiger partial charge in [-0.2, -0.15) is 4.98 Å². The highest BCUT2D eigenvalue weighted by atomic mass is 35.5. The number of hydrogen-bond acceptors (Lipinski definition) is 6. The zero-order valence-corrected chi connectivity index (χ0v) is 19.1. The van der Waals surface area contributed by atoms with Crippen LogP contribution in [0.15, 0.2) is 41.3 Å². The molecule has 1 aromatic heterocycles. The summed E-state index contributed by atoms with van der Waals surface area (Å²) in [5.74, 6) is 1.06. The summed E-state index contributed by atoms with van der Waals surface area (Å²) >= 11 is 5.94. The van der Waals surface area contributed by atoms with Crippen LogP contribution < -0.4 is 25.1 Å². The van der Waals surface area contributed by atoms with Gasteiger partial charge in [0.25, 0.3) is 0 Å². The molecule has 32 heavy (non-hydrogen) atoms. The third-order valence-corrected chi connectivity index (χ3v) is 5.13. The second kappa shape index (κ2) is 10.4. The van der Waals surface area contributed by atoms with Gasteiger partial charge in [-0.3, -0.25) is 4.79 Å². The minimum Gasteiger partial charge on any atom is -0.493 e. The van der Waals surface area contributed by atoms with Crippen LogP contribution in [0.25, 0.3) is 0 Å². The third-order valence-electron chi connectivity index (χ3n) is 4.84. The predicted molar refractivity (Wildman–Crippen MR) is 122 cm³/mol. The number of aromatic nitrogens is 2. The molecule has 0 saturated heterocycles. The summed E-state index contributed by atoms with van der Waals surface area (Å²) in [6, 6.07) is 8.12. The highest BCUT2D eigenvalue weighted by Crippen LogP contribution is 2.35. The van der Waals surface area contributed by atoms with Crippen LogP contribution in [0.2, 0.25) is 5.02 Å². The molecule has 0 unspecified atom stereocenters. The summed E-state index contributed by atoms with van der Waals surface area (Å²) in [6.07, 6.45) is 2.28. The van der Waals surface area contributed by atoms with E-state index in [2.05, 4.69) is 10.3 Å². The maximum Gasteiger partial charge on any atom is 0.316 e. The Hall–Kier alpha value is -3.26. The second-order valence-electron chi connectivity index (χ2n) is 6.89. The molecule has 9 heteroatoms. The average Bonchev–Trinajstić information content (AvgIpc) is 2.79. The first kappa shape index (κ1) is 23.4. The van der Waals surface area contributed by atoms with Gasteiger partial charge in [0.2, 0.25) is 11.7 Å². The number of benzene rings is 2. The highest BCUT2D eigenvalue weighted by Gasteiger charge is 2.15. The van der Waals surface area contributed by atoms with Crippen molar-refractivity contribution in [3.8, 4) is 17.2 Å². The molecule has 0 saturated carbocycles. The van der Waals surface area contributed by atoms with Crippen molar-refractivity contribution >= 4 is 23.2 Å². The van der Waals surface area contributed by atoms with Crippen LogP contribution in [0.4, 0.5) is 16.0 Å². The molecule has 3 aromatic rings. The number of ether oxygens (including phenoxy) is 3. The molecule has 0 bridgehead atoms. The lowest BCUT2D eigenvalue weighted by Gasteiger charge is -2.19. The Morgan fingerprint density at radius 1 is 1.09 bits per heavy atom. The lowest BCUT2D eigenvalue weighted by Crippen LogP contribution is -2.20. The van der Waals surface area contributed by atoms with Gasteiger partial charge in [0.05, 0.1) is 38.6 Å². The molecule has 7 nitrogen and oxygen atoms in total. The van der Waals surface area contributed by atoms with Gasteiger partial charge in [0, 0.05) is 11.8 Å². The smallest absolute Gasteiger partial charge is 0.316 e. The Bertz CT molecular complexity index is 1170. The first-order chi connectivity index (χ1) is 15.4. The molecule has 0 aliphatic heterocycles. The van der Waals surface area contributed by atoms with E-state index in [1.54, 1.807) is 44.0 Å². The van der Waals surface area contributed by atoms with Crippen LogP contribution >= 0.6 is 11.6 Å². The van der Waals surface area contributed by atoms with E-state index >= 15 is 0 Å². The Morgan fingerprint density at radius 2 is 1.81 bits per heavy atom. The Morgan fingerprint density at radius 3 is 2.44 bits per heavy atom.